The van der Waals surface area contributed by atoms with Gasteiger partial charge in [0.25, 0.3) is 0 Å². The van der Waals surface area contributed by atoms with Crippen LogP contribution in [0.25, 0.3) is 0 Å². The number of hydrogen-bond acceptors (Lipinski definition) is 6. The first-order valence-electron chi connectivity index (χ1n) is 11.4. The van der Waals surface area contributed by atoms with Crippen LogP contribution in [-0.4, -0.2) is 48.0 Å². The molecule has 1 saturated carbocycles. The molecule has 2 aromatic rings. The molecule has 3 rings (SSSR count). The van der Waals surface area contributed by atoms with E-state index >= 15 is 0 Å². The summed E-state index contributed by atoms with van der Waals surface area (Å²) in [5, 5.41) is 5.91. The second kappa shape index (κ2) is 11.0. The zero-order valence-corrected chi connectivity index (χ0v) is 20.0. The predicted octanol–water partition coefficient (Wildman–Crippen LogP) is 4.55. The van der Waals surface area contributed by atoms with E-state index in [2.05, 4.69) is 20.6 Å². The van der Waals surface area contributed by atoms with E-state index in [1.807, 2.05) is 31.1 Å². The summed E-state index contributed by atoms with van der Waals surface area (Å²) in [7, 11) is 5.45. The van der Waals surface area contributed by atoms with Crippen LogP contribution in [0.4, 0.5) is 24.8 Å². The van der Waals surface area contributed by atoms with Gasteiger partial charge >= 0.3 is 6.18 Å². The van der Waals surface area contributed by atoms with Gasteiger partial charge in [0, 0.05) is 25.7 Å². The molecule has 1 fully saturated rings. The summed E-state index contributed by atoms with van der Waals surface area (Å²) in [5.74, 6) is 0.306. The molecule has 1 aliphatic rings. The fourth-order valence-electron chi connectivity index (χ4n) is 4.44. The number of nitrogens with zero attached hydrogens (tertiary/aromatic N) is 3. The minimum Gasteiger partial charge on any atom is -0.495 e. The average Bonchev–Trinajstić information content (AvgIpc) is 2.75. The number of methoxy groups -OCH3 is 1. The minimum absolute atomic E-state index is 0.0635. The smallest absolute Gasteiger partial charge is 0.419 e. The molecule has 0 saturated heterocycles. The Morgan fingerprint density at radius 1 is 1.24 bits per heavy atom. The highest BCUT2D eigenvalue weighted by atomic mass is 19.4. The summed E-state index contributed by atoms with van der Waals surface area (Å²) in [6.07, 6.45) is -0.307. The number of rotatable bonds is 8. The first-order chi connectivity index (χ1) is 16.1. The summed E-state index contributed by atoms with van der Waals surface area (Å²) in [4.78, 5) is 21.8. The molecule has 0 aliphatic heterocycles. The number of carbonyl (C=O) groups is 1. The van der Waals surface area contributed by atoms with E-state index < -0.39 is 11.7 Å². The number of carbonyl (C=O) groups excluding carboxylic acids is 1. The van der Waals surface area contributed by atoms with E-state index in [1.54, 1.807) is 6.07 Å². The van der Waals surface area contributed by atoms with E-state index in [0.717, 1.165) is 37.4 Å². The lowest BCUT2D eigenvalue weighted by Crippen LogP contribution is -2.42. The van der Waals surface area contributed by atoms with E-state index in [9.17, 15) is 18.0 Å². The van der Waals surface area contributed by atoms with Crippen molar-refractivity contribution in [1.82, 2.24) is 20.2 Å². The summed E-state index contributed by atoms with van der Waals surface area (Å²) < 4.78 is 46.7. The number of anilines is 2. The molecule has 1 aliphatic carbocycles. The Kier molecular flexibility index (Phi) is 8.35. The standard InChI is InChI=1S/C24H32F3N5O2/c1-15(33)29-19-8-6-5-7-17(19)12-21-18(24(25,26)27)13-28-23(31-21)30-20-10-9-16(14-32(2)3)11-22(20)34-4/h9-11,13,17,19H,5-8,12,14H2,1-4H3,(H,29,33)(H,28,30,31)/t17-,19+/m0/s1. The number of alkyl halides is 3. The summed E-state index contributed by atoms with van der Waals surface area (Å²) in [6.45, 7) is 2.14. The Labute approximate surface area is 198 Å². The lowest BCUT2D eigenvalue weighted by molar-refractivity contribution is -0.139. The van der Waals surface area contributed by atoms with Crippen molar-refractivity contribution in [3.63, 3.8) is 0 Å². The van der Waals surface area contributed by atoms with E-state index in [1.165, 1.54) is 14.0 Å². The molecule has 7 nitrogen and oxygen atoms in total. The molecule has 1 aromatic heterocycles. The van der Waals surface area contributed by atoms with Crippen LogP contribution in [0.5, 0.6) is 5.75 Å². The van der Waals surface area contributed by atoms with Gasteiger partial charge in [-0.1, -0.05) is 18.9 Å². The average molecular weight is 480 g/mol. The zero-order chi connectivity index (χ0) is 24.9. The second-order valence-electron chi connectivity index (χ2n) is 9.00. The van der Waals surface area contributed by atoms with Crippen LogP contribution in [-0.2, 0) is 23.9 Å². The van der Waals surface area contributed by atoms with E-state index in [-0.39, 0.29) is 35.9 Å². The zero-order valence-electron chi connectivity index (χ0n) is 20.0. The van der Waals surface area contributed by atoms with Crippen molar-refractivity contribution in [3.05, 3.63) is 41.2 Å². The van der Waals surface area contributed by atoms with Gasteiger partial charge in [0.15, 0.2) is 0 Å². The summed E-state index contributed by atoms with van der Waals surface area (Å²) in [6, 6.07) is 5.42. The topological polar surface area (TPSA) is 79.4 Å². The molecule has 0 spiro atoms. The maximum atomic E-state index is 13.7. The van der Waals surface area contributed by atoms with Gasteiger partial charge in [-0.05, 0) is 57.0 Å². The predicted molar refractivity (Wildman–Crippen MR) is 124 cm³/mol. The Morgan fingerprint density at radius 2 is 1.97 bits per heavy atom. The largest absolute Gasteiger partial charge is 0.495 e. The molecule has 0 radical (unpaired) electrons. The van der Waals surface area contributed by atoms with Crippen LogP contribution < -0.4 is 15.4 Å². The molecule has 0 bridgehead atoms. The summed E-state index contributed by atoms with van der Waals surface area (Å²) >= 11 is 0. The van der Waals surface area contributed by atoms with Crippen molar-refractivity contribution in [2.45, 2.75) is 57.8 Å². The van der Waals surface area contributed by atoms with Crippen LogP contribution in [0.3, 0.4) is 0 Å². The van der Waals surface area contributed by atoms with Crippen molar-refractivity contribution >= 4 is 17.5 Å². The molecule has 2 N–H and O–H groups in total. The third kappa shape index (κ3) is 6.82. The Bertz CT molecular complexity index is 997. The van der Waals surface area contributed by atoms with Crippen LogP contribution in [0, 0.1) is 5.92 Å². The lowest BCUT2D eigenvalue weighted by atomic mass is 9.81. The number of aromatic nitrogens is 2. The Hall–Kier alpha value is -2.88. The van der Waals surface area contributed by atoms with Crippen LogP contribution in [0.2, 0.25) is 0 Å². The molecule has 186 valence electrons. The van der Waals surface area contributed by atoms with Gasteiger partial charge in [0.05, 0.1) is 24.1 Å². The van der Waals surface area contributed by atoms with Crippen molar-refractivity contribution in [2.24, 2.45) is 5.92 Å². The quantitative estimate of drug-likeness (QED) is 0.579. The number of amides is 1. The monoisotopic (exact) mass is 479 g/mol. The number of halogens is 3. The first-order valence-corrected chi connectivity index (χ1v) is 11.4. The van der Waals surface area contributed by atoms with Gasteiger partial charge in [-0.15, -0.1) is 0 Å². The van der Waals surface area contributed by atoms with Crippen molar-refractivity contribution in [1.29, 1.82) is 0 Å². The number of nitrogens with one attached hydrogen (secondary N) is 2. The molecule has 2 atom stereocenters. The molecule has 10 heteroatoms. The summed E-state index contributed by atoms with van der Waals surface area (Å²) in [5.41, 5.74) is 0.668. The van der Waals surface area contributed by atoms with Gasteiger partial charge in [0.1, 0.15) is 5.75 Å². The van der Waals surface area contributed by atoms with Gasteiger partial charge in [-0.25, -0.2) is 9.97 Å². The fraction of sp³-hybridized carbons (Fsp3) is 0.542. The first kappa shape index (κ1) is 25.7. The second-order valence-corrected chi connectivity index (χ2v) is 9.00. The number of ether oxygens (including phenoxy) is 1. The minimum atomic E-state index is -4.57. The maximum absolute atomic E-state index is 13.7. The Balaban J connectivity index is 1.89. The van der Waals surface area contributed by atoms with Crippen LogP contribution in [0.15, 0.2) is 24.4 Å². The molecule has 34 heavy (non-hydrogen) atoms. The van der Waals surface area contributed by atoms with Gasteiger partial charge in [-0.2, -0.15) is 13.2 Å². The normalized spacial score (nSPS) is 18.6. The lowest BCUT2D eigenvalue weighted by Gasteiger charge is -2.32. The number of hydrogen-bond donors (Lipinski definition) is 2. The highest BCUT2D eigenvalue weighted by molar-refractivity contribution is 5.73. The maximum Gasteiger partial charge on any atom is 0.419 e. The molecule has 1 amide bonds. The van der Waals surface area contributed by atoms with Crippen molar-refractivity contribution in [3.8, 4) is 5.75 Å². The van der Waals surface area contributed by atoms with E-state index in [4.69, 9.17) is 4.74 Å². The third-order valence-electron chi connectivity index (χ3n) is 5.94. The highest BCUT2D eigenvalue weighted by Gasteiger charge is 2.37. The van der Waals surface area contributed by atoms with Crippen LogP contribution in [0.1, 0.15) is 49.4 Å². The molecular weight excluding hydrogens is 447 g/mol. The van der Waals surface area contributed by atoms with Gasteiger partial charge in [0.2, 0.25) is 11.9 Å². The van der Waals surface area contributed by atoms with E-state index in [0.29, 0.717) is 18.0 Å². The van der Waals surface area contributed by atoms with Crippen LogP contribution >= 0.6 is 0 Å². The third-order valence-corrected chi connectivity index (χ3v) is 5.94. The molecule has 1 heterocycles. The fourth-order valence-corrected chi connectivity index (χ4v) is 4.44. The Morgan fingerprint density at radius 3 is 2.62 bits per heavy atom. The SMILES string of the molecule is COc1cc(CN(C)C)ccc1Nc1ncc(C(F)(F)F)c(C[C@@H]2CCCC[C@H]2NC(C)=O)n1. The van der Waals surface area contributed by atoms with Gasteiger partial charge < -0.3 is 20.3 Å². The van der Waals surface area contributed by atoms with Crippen molar-refractivity contribution < 1.29 is 22.7 Å². The highest BCUT2D eigenvalue weighted by Crippen LogP contribution is 2.36. The molecule has 0 unspecified atom stereocenters. The molecule has 1 aromatic carbocycles. The van der Waals surface area contributed by atoms with Crippen molar-refractivity contribution in [2.75, 3.05) is 26.5 Å². The number of benzene rings is 1. The van der Waals surface area contributed by atoms with Gasteiger partial charge in [-0.3, -0.25) is 4.79 Å². The molecular formula is C24H32F3N5O2.